The number of rotatable bonds is 9. The Morgan fingerprint density at radius 3 is 2.00 bits per heavy atom. The van der Waals surface area contributed by atoms with E-state index >= 15 is 0 Å². The van der Waals surface area contributed by atoms with Crippen LogP contribution >= 0.6 is 0 Å². The molecule has 0 bridgehead atoms. The van der Waals surface area contributed by atoms with Crippen molar-refractivity contribution in [3.8, 4) is 11.5 Å². The molecule has 0 aromatic heterocycles. The summed E-state index contributed by atoms with van der Waals surface area (Å²) in [7, 11) is 3.34. The molecule has 0 radical (unpaired) electrons. The summed E-state index contributed by atoms with van der Waals surface area (Å²) in [4.78, 5) is 5.06. The van der Waals surface area contributed by atoms with Crippen LogP contribution in [0.5, 0.6) is 11.5 Å². The fourth-order valence-corrected chi connectivity index (χ4v) is 5.47. The first-order valence-corrected chi connectivity index (χ1v) is 12.4. The summed E-state index contributed by atoms with van der Waals surface area (Å²) >= 11 is 0. The zero-order valence-corrected chi connectivity index (χ0v) is 21.4. The lowest BCUT2D eigenvalue weighted by Crippen LogP contribution is -2.63. The molecule has 0 spiro atoms. The van der Waals surface area contributed by atoms with Crippen molar-refractivity contribution in [1.29, 1.82) is 0 Å². The summed E-state index contributed by atoms with van der Waals surface area (Å²) < 4.78 is 11.0. The predicted octanol–water partition coefficient (Wildman–Crippen LogP) is 4.79. The third-order valence-electron chi connectivity index (χ3n) is 7.08. The quantitative estimate of drug-likeness (QED) is 0.483. The van der Waals surface area contributed by atoms with Crippen LogP contribution in [0.25, 0.3) is 0 Å². The maximum Gasteiger partial charge on any atom is 0.160 e. The zero-order valence-electron chi connectivity index (χ0n) is 21.4. The van der Waals surface area contributed by atoms with Crippen molar-refractivity contribution in [2.24, 2.45) is 0 Å². The van der Waals surface area contributed by atoms with E-state index in [1.807, 2.05) is 13.0 Å². The number of aliphatic hydroxyl groups excluding tert-OH is 1. The number of ether oxygens (including phenoxy) is 2. The van der Waals surface area contributed by atoms with Gasteiger partial charge in [0, 0.05) is 31.7 Å². The standard InChI is InChI=1S/C30H38N2O3/c1-23(33)21-32-18-17-31(29(25-11-7-5-8-12-25)26-13-9-6-10-14-26)22-30(32,2)20-24-15-16-27(34-3)28(19-24)35-4/h5-16,19,23,29,33H,17-18,20-22H2,1-4H3. The monoisotopic (exact) mass is 474 g/mol. The molecule has 0 aliphatic carbocycles. The molecule has 0 saturated carbocycles. The van der Waals surface area contributed by atoms with Crippen LogP contribution in [0.2, 0.25) is 0 Å². The lowest BCUT2D eigenvalue weighted by Gasteiger charge is -2.52. The molecule has 1 N–H and O–H groups in total. The van der Waals surface area contributed by atoms with Gasteiger partial charge in [-0.2, -0.15) is 0 Å². The minimum Gasteiger partial charge on any atom is -0.493 e. The van der Waals surface area contributed by atoms with Crippen molar-refractivity contribution < 1.29 is 14.6 Å². The van der Waals surface area contributed by atoms with Gasteiger partial charge in [0.2, 0.25) is 0 Å². The first-order chi connectivity index (χ1) is 16.9. The van der Waals surface area contributed by atoms with E-state index in [-0.39, 0.29) is 17.7 Å². The summed E-state index contributed by atoms with van der Waals surface area (Å²) in [5, 5.41) is 10.3. The molecule has 0 amide bonds. The van der Waals surface area contributed by atoms with Gasteiger partial charge in [-0.25, -0.2) is 0 Å². The largest absolute Gasteiger partial charge is 0.493 e. The summed E-state index contributed by atoms with van der Waals surface area (Å²) in [6.45, 7) is 7.56. The molecular formula is C30H38N2O3. The number of methoxy groups -OCH3 is 2. The molecule has 35 heavy (non-hydrogen) atoms. The highest BCUT2D eigenvalue weighted by Crippen LogP contribution is 2.36. The number of piperazine rings is 1. The molecule has 1 heterocycles. The molecule has 186 valence electrons. The molecule has 1 saturated heterocycles. The molecule has 3 aromatic carbocycles. The van der Waals surface area contributed by atoms with E-state index in [1.54, 1.807) is 14.2 Å². The molecular weight excluding hydrogens is 436 g/mol. The highest BCUT2D eigenvalue weighted by molar-refractivity contribution is 5.43. The lowest BCUT2D eigenvalue weighted by molar-refractivity contribution is -0.0256. The second kappa shape index (κ2) is 11.3. The topological polar surface area (TPSA) is 45.2 Å². The normalized spacial score (nSPS) is 20.1. The molecule has 5 heteroatoms. The van der Waals surface area contributed by atoms with Crippen LogP contribution in [0.1, 0.15) is 36.6 Å². The van der Waals surface area contributed by atoms with Crippen molar-refractivity contribution in [2.45, 2.75) is 38.0 Å². The number of benzene rings is 3. The van der Waals surface area contributed by atoms with Gasteiger partial charge >= 0.3 is 0 Å². The van der Waals surface area contributed by atoms with E-state index in [4.69, 9.17) is 9.47 Å². The van der Waals surface area contributed by atoms with Crippen molar-refractivity contribution in [3.05, 3.63) is 95.6 Å². The maximum absolute atomic E-state index is 10.3. The van der Waals surface area contributed by atoms with Gasteiger partial charge in [0.15, 0.2) is 11.5 Å². The van der Waals surface area contributed by atoms with Crippen LogP contribution in [0.15, 0.2) is 78.9 Å². The van der Waals surface area contributed by atoms with Gasteiger partial charge in [-0.1, -0.05) is 66.7 Å². The van der Waals surface area contributed by atoms with E-state index in [0.717, 1.165) is 37.6 Å². The van der Waals surface area contributed by atoms with Crippen molar-refractivity contribution in [2.75, 3.05) is 40.4 Å². The van der Waals surface area contributed by atoms with Gasteiger partial charge in [0.05, 0.1) is 26.4 Å². The first-order valence-electron chi connectivity index (χ1n) is 12.4. The van der Waals surface area contributed by atoms with Gasteiger partial charge < -0.3 is 14.6 Å². The van der Waals surface area contributed by atoms with Crippen LogP contribution in [0.4, 0.5) is 0 Å². The molecule has 3 aromatic rings. The third kappa shape index (κ3) is 5.87. The van der Waals surface area contributed by atoms with Crippen LogP contribution < -0.4 is 9.47 Å². The average molecular weight is 475 g/mol. The Bertz CT molecular complexity index is 1030. The Labute approximate surface area is 209 Å². The maximum atomic E-state index is 10.3. The van der Waals surface area contributed by atoms with Crippen molar-refractivity contribution >= 4 is 0 Å². The smallest absolute Gasteiger partial charge is 0.160 e. The Hall–Kier alpha value is -2.86. The van der Waals surface area contributed by atoms with E-state index in [9.17, 15) is 5.11 Å². The van der Waals surface area contributed by atoms with E-state index in [0.29, 0.717) is 6.54 Å². The third-order valence-corrected chi connectivity index (χ3v) is 7.08. The number of aliphatic hydroxyl groups is 1. The Kier molecular flexibility index (Phi) is 8.11. The van der Waals surface area contributed by atoms with Crippen LogP contribution in [0, 0.1) is 0 Å². The molecule has 5 nitrogen and oxygen atoms in total. The highest BCUT2D eigenvalue weighted by atomic mass is 16.5. The Balaban J connectivity index is 1.68. The minimum atomic E-state index is -0.384. The van der Waals surface area contributed by atoms with Gasteiger partial charge in [0.1, 0.15) is 0 Å². The predicted molar refractivity (Wildman–Crippen MR) is 141 cm³/mol. The molecule has 1 aliphatic rings. The molecule has 4 rings (SSSR count). The fraction of sp³-hybridized carbons (Fsp3) is 0.400. The van der Waals surface area contributed by atoms with Crippen molar-refractivity contribution in [3.63, 3.8) is 0 Å². The van der Waals surface area contributed by atoms with Gasteiger partial charge in [-0.3, -0.25) is 9.80 Å². The van der Waals surface area contributed by atoms with Crippen LogP contribution in [-0.2, 0) is 6.42 Å². The fourth-order valence-electron chi connectivity index (χ4n) is 5.47. The number of nitrogens with zero attached hydrogens (tertiary/aromatic N) is 2. The van der Waals surface area contributed by atoms with Gasteiger partial charge in [-0.15, -0.1) is 0 Å². The molecule has 1 fully saturated rings. The number of hydrogen-bond donors (Lipinski definition) is 1. The second-order valence-corrected chi connectivity index (χ2v) is 9.85. The van der Waals surface area contributed by atoms with Crippen LogP contribution in [0.3, 0.4) is 0 Å². The molecule has 1 aliphatic heterocycles. The van der Waals surface area contributed by atoms with Gasteiger partial charge in [-0.05, 0) is 49.1 Å². The van der Waals surface area contributed by atoms with Crippen molar-refractivity contribution in [1.82, 2.24) is 9.80 Å². The first kappa shape index (κ1) is 25.2. The average Bonchev–Trinajstić information content (AvgIpc) is 2.87. The number of hydrogen-bond acceptors (Lipinski definition) is 5. The highest BCUT2D eigenvalue weighted by Gasteiger charge is 2.40. The Morgan fingerprint density at radius 2 is 1.46 bits per heavy atom. The Morgan fingerprint density at radius 1 is 0.857 bits per heavy atom. The number of β-amino-alcohol motifs (C(OH)–C–C–N with tert-alkyl or cyclic N) is 1. The molecule has 2 atom stereocenters. The zero-order chi connectivity index (χ0) is 24.8. The second-order valence-electron chi connectivity index (χ2n) is 9.85. The summed E-state index contributed by atoms with van der Waals surface area (Å²) in [6, 6.07) is 27.9. The van der Waals surface area contributed by atoms with Gasteiger partial charge in [0.25, 0.3) is 0 Å². The van der Waals surface area contributed by atoms with E-state index in [2.05, 4.69) is 89.5 Å². The summed E-state index contributed by atoms with van der Waals surface area (Å²) in [5.74, 6) is 1.48. The lowest BCUT2D eigenvalue weighted by atomic mass is 9.85. The van der Waals surface area contributed by atoms with Crippen LogP contribution in [-0.4, -0.2) is 66.9 Å². The molecule has 2 unspecified atom stereocenters. The SMILES string of the molecule is COc1ccc(CC2(C)CN(C(c3ccccc3)c3ccccc3)CCN2CC(C)O)cc1OC. The van der Waals surface area contributed by atoms with E-state index < -0.39 is 0 Å². The minimum absolute atomic E-state index is 0.170. The summed E-state index contributed by atoms with van der Waals surface area (Å²) in [5.41, 5.74) is 3.63. The van der Waals surface area contributed by atoms with E-state index in [1.165, 1.54) is 16.7 Å². The summed E-state index contributed by atoms with van der Waals surface area (Å²) in [6.07, 6.45) is 0.456.